The molecule has 1 atom stereocenters. The molecular formula is C17H23N3O. The molecule has 1 unspecified atom stereocenters. The van der Waals surface area contributed by atoms with E-state index < -0.39 is 0 Å². The molecule has 2 rings (SSSR count). The Morgan fingerprint density at radius 2 is 1.90 bits per heavy atom. The maximum atomic E-state index is 11.9. The van der Waals surface area contributed by atoms with Gasteiger partial charge in [0.25, 0.3) is 0 Å². The van der Waals surface area contributed by atoms with Crippen LogP contribution >= 0.6 is 0 Å². The zero-order valence-electron chi connectivity index (χ0n) is 12.9. The topological polar surface area (TPSA) is 54.0 Å². The van der Waals surface area contributed by atoms with Crippen molar-refractivity contribution in [2.75, 3.05) is 6.54 Å². The largest absolute Gasteiger partial charge is 0.354 e. The van der Waals surface area contributed by atoms with Crippen molar-refractivity contribution in [1.29, 1.82) is 0 Å². The van der Waals surface area contributed by atoms with Crippen molar-refractivity contribution in [3.05, 3.63) is 42.1 Å². The van der Waals surface area contributed by atoms with Crippen LogP contribution in [-0.2, 0) is 11.3 Å². The Labute approximate surface area is 126 Å². The van der Waals surface area contributed by atoms with Gasteiger partial charge in [-0.2, -0.15) is 0 Å². The molecule has 1 heterocycles. The SMILES string of the molecule is CC(C)CNC(=O)C(C)NCc1ccc2ccccc2n1. The first-order valence-corrected chi connectivity index (χ1v) is 7.42. The molecule has 21 heavy (non-hydrogen) atoms. The molecule has 0 bridgehead atoms. The fourth-order valence-corrected chi connectivity index (χ4v) is 2.01. The predicted molar refractivity (Wildman–Crippen MR) is 85.9 cm³/mol. The highest BCUT2D eigenvalue weighted by Gasteiger charge is 2.12. The minimum absolute atomic E-state index is 0.0319. The molecule has 112 valence electrons. The van der Waals surface area contributed by atoms with Crippen LogP contribution in [0.25, 0.3) is 10.9 Å². The number of para-hydroxylation sites is 1. The average Bonchev–Trinajstić information content (AvgIpc) is 2.49. The number of carbonyl (C=O) groups excluding carboxylic acids is 1. The summed E-state index contributed by atoms with van der Waals surface area (Å²) in [7, 11) is 0. The lowest BCUT2D eigenvalue weighted by Gasteiger charge is -2.15. The van der Waals surface area contributed by atoms with Crippen LogP contribution in [0.3, 0.4) is 0 Å². The molecule has 1 aromatic heterocycles. The van der Waals surface area contributed by atoms with E-state index in [0.717, 1.165) is 16.6 Å². The van der Waals surface area contributed by atoms with Crippen LogP contribution in [0.1, 0.15) is 26.5 Å². The van der Waals surface area contributed by atoms with Crippen LogP contribution in [0.15, 0.2) is 36.4 Å². The molecule has 0 saturated heterocycles. The molecule has 0 fully saturated rings. The van der Waals surface area contributed by atoms with Gasteiger partial charge in [-0.3, -0.25) is 9.78 Å². The molecule has 0 spiro atoms. The Balaban J connectivity index is 1.90. The van der Waals surface area contributed by atoms with Crippen LogP contribution in [0.4, 0.5) is 0 Å². The minimum Gasteiger partial charge on any atom is -0.354 e. The van der Waals surface area contributed by atoms with E-state index in [1.165, 1.54) is 0 Å². The molecule has 2 aromatic rings. The lowest BCUT2D eigenvalue weighted by atomic mass is 10.2. The molecule has 0 aliphatic heterocycles. The third-order valence-electron chi connectivity index (χ3n) is 3.32. The van der Waals surface area contributed by atoms with Gasteiger partial charge in [-0.15, -0.1) is 0 Å². The predicted octanol–water partition coefficient (Wildman–Crippen LogP) is 2.49. The second-order valence-corrected chi connectivity index (χ2v) is 5.74. The number of benzene rings is 1. The molecule has 4 heteroatoms. The lowest BCUT2D eigenvalue weighted by Crippen LogP contribution is -2.43. The van der Waals surface area contributed by atoms with Crippen molar-refractivity contribution in [3.8, 4) is 0 Å². The van der Waals surface area contributed by atoms with E-state index in [4.69, 9.17) is 0 Å². The maximum absolute atomic E-state index is 11.9. The summed E-state index contributed by atoms with van der Waals surface area (Å²) in [6, 6.07) is 11.9. The van der Waals surface area contributed by atoms with E-state index in [9.17, 15) is 4.79 Å². The van der Waals surface area contributed by atoms with Gasteiger partial charge in [0.1, 0.15) is 0 Å². The number of amides is 1. The Hall–Kier alpha value is -1.94. The summed E-state index contributed by atoms with van der Waals surface area (Å²) in [5.74, 6) is 0.493. The number of nitrogens with zero attached hydrogens (tertiary/aromatic N) is 1. The van der Waals surface area contributed by atoms with Crippen molar-refractivity contribution >= 4 is 16.8 Å². The van der Waals surface area contributed by atoms with E-state index in [1.54, 1.807) is 0 Å². The third kappa shape index (κ3) is 4.53. The number of fused-ring (bicyclic) bond motifs is 1. The van der Waals surface area contributed by atoms with Crippen LogP contribution < -0.4 is 10.6 Å². The monoisotopic (exact) mass is 285 g/mol. The van der Waals surface area contributed by atoms with E-state index in [-0.39, 0.29) is 11.9 Å². The van der Waals surface area contributed by atoms with Crippen molar-refractivity contribution in [3.63, 3.8) is 0 Å². The zero-order valence-corrected chi connectivity index (χ0v) is 12.9. The van der Waals surface area contributed by atoms with E-state index in [0.29, 0.717) is 19.0 Å². The van der Waals surface area contributed by atoms with Gasteiger partial charge in [0.05, 0.1) is 17.3 Å². The number of aromatic nitrogens is 1. The Morgan fingerprint density at radius 1 is 1.14 bits per heavy atom. The van der Waals surface area contributed by atoms with Crippen molar-refractivity contribution in [1.82, 2.24) is 15.6 Å². The summed E-state index contributed by atoms with van der Waals surface area (Å²) in [5, 5.41) is 7.27. The van der Waals surface area contributed by atoms with Gasteiger partial charge in [-0.05, 0) is 25.0 Å². The number of hydrogen-bond donors (Lipinski definition) is 2. The van der Waals surface area contributed by atoms with Gasteiger partial charge in [0, 0.05) is 18.5 Å². The van der Waals surface area contributed by atoms with Crippen molar-refractivity contribution in [2.24, 2.45) is 5.92 Å². The van der Waals surface area contributed by atoms with Crippen LogP contribution in [0, 0.1) is 5.92 Å². The van der Waals surface area contributed by atoms with Gasteiger partial charge < -0.3 is 10.6 Å². The molecule has 0 saturated carbocycles. The highest BCUT2D eigenvalue weighted by Crippen LogP contribution is 2.11. The number of rotatable bonds is 6. The first-order valence-electron chi connectivity index (χ1n) is 7.42. The molecule has 0 aliphatic carbocycles. The molecule has 0 radical (unpaired) electrons. The van der Waals surface area contributed by atoms with Gasteiger partial charge in [-0.25, -0.2) is 0 Å². The van der Waals surface area contributed by atoms with Gasteiger partial charge >= 0.3 is 0 Å². The summed E-state index contributed by atoms with van der Waals surface area (Å²) in [6.07, 6.45) is 0. The first-order chi connectivity index (χ1) is 10.1. The molecule has 1 aromatic carbocycles. The average molecular weight is 285 g/mol. The number of hydrogen-bond acceptors (Lipinski definition) is 3. The third-order valence-corrected chi connectivity index (χ3v) is 3.32. The molecule has 4 nitrogen and oxygen atoms in total. The van der Waals surface area contributed by atoms with E-state index >= 15 is 0 Å². The highest BCUT2D eigenvalue weighted by atomic mass is 16.2. The second-order valence-electron chi connectivity index (χ2n) is 5.74. The van der Waals surface area contributed by atoms with E-state index in [2.05, 4.69) is 35.5 Å². The zero-order chi connectivity index (χ0) is 15.2. The van der Waals surface area contributed by atoms with Crippen LogP contribution in [0.2, 0.25) is 0 Å². The summed E-state index contributed by atoms with van der Waals surface area (Å²) in [4.78, 5) is 16.5. The fraction of sp³-hybridized carbons (Fsp3) is 0.412. The van der Waals surface area contributed by atoms with Crippen molar-refractivity contribution < 1.29 is 4.79 Å². The quantitative estimate of drug-likeness (QED) is 0.857. The minimum atomic E-state index is -0.225. The highest BCUT2D eigenvalue weighted by molar-refractivity contribution is 5.81. The molecular weight excluding hydrogens is 262 g/mol. The Bertz CT molecular complexity index is 610. The second kappa shape index (κ2) is 7.18. The van der Waals surface area contributed by atoms with Gasteiger partial charge in [0.2, 0.25) is 5.91 Å². The van der Waals surface area contributed by atoms with E-state index in [1.807, 2.05) is 37.3 Å². The normalized spacial score (nSPS) is 12.6. The number of pyridine rings is 1. The summed E-state index contributed by atoms with van der Waals surface area (Å²) in [6.45, 7) is 7.33. The Kier molecular flexibility index (Phi) is 5.28. The molecule has 0 aliphatic rings. The fourth-order valence-electron chi connectivity index (χ4n) is 2.01. The Morgan fingerprint density at radius 3 is 2.67 bits per heavy atom. The number of carbonyl (C=O) groups is 1. The summed E-state index contributed by atoms with van der Waals surface area (Å²) >= 11 is 0. The smallest absolute Gasteiger partial charge is 0.236 e. The van der Waals surface area contributed by atoms with Crippen LogP contribution in [-0.4, -0.2) is 23.5 Å². The lowest BCUT2D eigenvalue weighted by molar-refractivity contribution is -0.122. The molecule has 2 N–H and O–H groups in total. The van der Waals surface area contributed by atoms with Gasteiger partial charge in [0.15, 0.2) is 0 Å². The summed E-state index contributed by atoms with van der Waals surface area (Å²) < 4.78 is 0. The van der Waals surface area contributed by atoms with Crippen molar-refractivity contribution in [2.45, 2.75) is 33.4 Å². The molecule has 1 amide bonds. The standard InChI is InChI=1S/C17H23N3O/c1-12(2)10-19-17(21)13(3)18-11-15-9-8-14-6-4-5-7-16(14)20-15/h4-9,12-13,18H,10-11H2,1-3H3,(H,19,21). The van der Waals surface area contributed by atoms with Gasteiger partial charge in [-0.1, -0.05) is 38.1 Å². The maximum Gasteiger partial charge on any atom is 0.236 e. The summed E-state index contributed by atoms with van der Waals surface area (Å²) in [5.41, 5.74) is 1.92. The van der Waals surface area contributed by atoms with Crippen LogP contribution in [0.5, 0.6) is 0 Å². The number of nitrogens with one attached hydrogen (secondary N) is 2. The first kappa shape index (κ1) is 15.4.